The van der Waals surface area contributed by atoms with E-state index in [2.05, 4.69) is 5.32 Å². The standard InChI is InChI=1S/C16H17ClN4O3/c1-19-13(6-7-15(19)21(23)24)16(22)20-9-8-18-10-14(20)11-4-2-3-5-12(11)17/h2-7,14,18H,8-10H2,1H3. The maximum atomic E-state index is 13.0. The number of hydrogen-bond donors (Lipinski definition) is 1. The van der Waals surface area contributed by atoms with Crippen LogP contribution in [0.1, 0.15) is 22.1 Å². The number of piperazine rings is 1. The van der Waals surface area contributed by atoms with Crippen LogP contribution < -0.4 is 5.32 Å². The van der Waals surface area contributed by atoms with Crippen molar-refractivity contribution < 1.29 is 9.72 Å². The molecule has 3 rings (SSSR count). The van der Waals surface area contributed by atoms with Crippen molar-refractivity contribution in [3.05, 3.63) is 62.8 Å². The lowest BCUT2D eigenvalue weighted by atomic mass is 10.0. The summed E-state index contributed by atoms with van der Waals surface area (Å²) in [6, 6.07) is 10.0. The highest BCUT2D eigenvalue weighted by atomic mass is 35.5. The number of halogens is 1. The Bertz CT molecular complexity index is 789. The van der Waals surface area contributed by atoms with Gasteiger partial charge in [0.05, 0.1) is 13.1 Å². The molecule has 1 amide bonds. The molecular weight excluding hydrogens is 332 g/mol. The molecule has 2 aromatic rings. The highest BCUT2D eigenvalue weighted by molar-refractivity contribution is 6.31. The summed E-state index contributed by atoms with van der Waals surface area (Å²) in [5.74, 6) is -0.347. The Labute approximate surface area is 144 Å². The van der Waals surface area contributed by atoms with E-state index in [1.807, 2.05) is 18.2 Å². The number of hydrogen-bond acceptors (Lipinski definition) is 4. The number of nitrogens with zero attached hydrogens (tertiary/aromatic N) is 3. The SMILES string of the molecule is Cn1c(C(=O)N2CCNCC2c2ccccc2Cl)ccc1[N+](=O)[O-]. The zero-order valence-electron chi connectivity index (χ0n) is 13.1. The number of benzene rings is 1. The summed E-state index contributed by atoms with van der Waals surface area (Å²) >= 11 is 6.29. The average molecular weight is 349 g/mol. The van der Waals surface area contributed by atoms with E-state index in [4.69, 9.17) is 11.6 Å². The van der Waals surface area contributed by atoms with Crippen molar-refractivity contribution in [2.45, 2.75) is 6.04 Å². The number of nitro groups is 1. The highest BCUT2D eigenvalue weighted by Crippen LogP contribution is 2.30. The van der Waals surface area contributed by atoms with Crippen LogP contribution in [-0.4, -0.2) is 39.9 Å². The van der Waals surface area contributed by atoms with Crippen molar-refractivity contribution in [1.82, 2.24) is 14.8 Å². The van der Waals surface area contributed by atoms with Gasteiger partial charge in [-0.3, -0.25) is 4.79 Å². The van der Waals surface area contributed by atoms with Crippen LogP contribution in [0.2, 0.25) is 5.02 Å². The molecule has 126 valence electrons. The Kier molecular flexibility index (Phi) is 4.55. The van der Waals surface area contributed by atoms with Crippen molar-refractivity contribution in [1.29, 1.82) is 0 Å². The summed E-state index contributed by atoms with van der Waals surface area (Å²) in [5.41, 5.74) is 1.16. The van der Waals surface area contributed by atoms with Crippen molar-refractivity contribution in [2.75, 3.05) is 19.6 Å². The highest BCUT2D eigenvalue weighted by Gasteiger charge is 2.33. The van der Waals surface area contributed by atoms with Crippen molar-refractivity contribution in [3.8, 4) is 0 Å². The van der Waals surface area contributed by atoms with Gasteiger partial charge < -0.3 is 20.3 Å². The predicted octanol–water partition coefficient (Wildman–Crippen LogP) is 2.37. The van der Waals surface area contributed by atoms with E-state index < -0.39 is 4.92 Å². The number of carbonyl (C=O) groups excluding carboxylic acids is 1. The van der Waals surface area contributed by atoms with E-state index in [9.17, 15) is 14.9 Å². The van der Waals surface area contributed by atoms with Crippen LogP contribution in [0, 0.1) is 10.1 Å². The Balaban J connectivity index is 1.95. The van der Waals surface area contributed by atoms with Crippen LogP contribution in [0.5, 0.6) is 0 Å². The van der Waals surface area contributed by atoms with E-state index in [1.165, 1.54) is 23.7 Å². The first-order valence-corrected chi connectivity index (χ1v) is 7.94. The average Bonchev–Trinajstić information content (AvgIpc) is 2.96. The van der Waals surface area contributed by atoms with Gasteiger partial charge in [-0.15, -0.1) is 0 Å². The van der Waals surface area contributed by atoms with Gasteiger partial charge in [0, 0.05) is 30.7 Å². The molecule has 1 saturated heterocycles. The molecule has 1 aromatic carbocycles. The van der Waals surface area contributed by atoms with Crippen LogP contribution in [0.15, 0.2) is 36.4 Å². The fourth-order valence-corrected chi connectivity index (χ4v) is 3.28. The van der Waals surface area contributed by atoms with Gasteiger partial charge in [-0.25, -0.2) is 4.57 Å². The molecule has 1 unspecified atom stereocenters. The van der Waals surface area contributed by atoms with Crippen LogP contribution >= 0.6 is 11.6 Å². The van der Waals surface area contributed by atoms with Crippen LogP contribution in [0.25, 0.3) is 0 Å². The minimum atomic E-state index is -0.500. The lowest BCUT2D eigenvalue weighted by molar-refractivity contribution is -0.391. The van der Waals surface area contributed by atoms with E-state index in [0.29, 0.717) is 30.4 Å². The number of amides is 1. The number of aromatic nitrogens is 1. The molecule has 1 atom stereocenters. The molecule has 1 fully saturated rings. The molecule has 1 aromatic heterocycles. The third kappa shape index (κ3) is 2.88. The predicted molar refractivity (Wildman–Crippen MR) is 90.2 cm³/mol. The van der Waals surface area contributed by atoms with Crippen LogP contribution in [0.4, 0.5) is 5.82 Å². The number of carbonyl (C=O) groups is 1. The smallest absolute Gasteiger partial charge is 0.323 e. The van der Waals surface area contributed by atoms with E-state index in [0.717, 1.165) is 5.56 Å². The molecule has 8 heteroatoms. The van der Waals surface area contributed by atoms with Crippen molar-refractivity contribution >= 4 is 23.3 Å². The molecule has 2 heterocycles. The minimum Gasteiger partial charge on any atom is -0.358 e. The third-order valence-electron chi connectivity index (χ3n) is 4.27. The van der Waals surface area contributed by atoms with Gasteiger partial charge in [0.15, 0.2) is 5.69 Å². The summed E-state index contributed by atoms with van der Waals surface area (Å²) in [4.78, 5) is 25.2. The van der Waals surface area contributed by atoms with Crippen LogP contribution in [0.3, 0.4) is 0 Å². The van der Waals surface area contributed by atoms with Gasteiger partial charge in [-0.1, -0.05) is 29.8 Å². The molecule has 1 aliphatic rings. The van der Waals surface area contributed by atoms with Gasteiger partial charge in [-0.05, 0) is 22.6 Å². The number of rotatable bonds is 3. The third-order valence-corrected chi connectivity index (χ3v) is 4.61. The second-order valence-corrected chi connectivity index (χ2v) is 6.04. The zero-order valence-corrected chi connectivity index (χ0v) is 13.9. The first kappa shape index (κ1) is 16.5. The van der Waals surface area contributed by atoms with Gasteiger partial charge in [0.25, 0.3) is 5.91 Å². The maximum absolute atomic E-state index is 13.0. The fourth-order valence-electron chi connectivity index (χ4n) is 3.02. The molecule has 0 radical (unpaired) electrons. The Morgan fingerprint density at radius 2 is 2.08 bits per heavy atom. The normalized spacial score (nSPS) is 17.8. The molecule has 0 aliphatic carbocycles. The molecule has 0 spiro atoms. The topological polar surface area (TPSA) is 80.4 Å². The summed E-state index contributed by atoms with van der Waals surface area (Å²) in [6.07, 6.45) is 0. The molecule has 24 heavy (non-hydrogen) atoms. The second kappa shape index (κ2) is 6.62. The fraction of sp³-hybridized carbons (Fsp3) is 0.312. The quantitative estimate of drug-likeness (QED) is 0.682. The molecule has 7 nitrogen and oxygen atoms in total. The molecule has 0 saturated carbocycles. The minimum absolute atomic E-state index is 0.109. The van der Waals surface area contributed by atoms with E-state index >= 15 is 0 Å². The van der Waals surface area contributed by atoms with Gasteiger partial charge >= 0.3 is 5.82 Å². The molecule has 0 bridgehead atoms. The Morgan fingerprint density at radius 1 is 1.33 bits per heavy atom. The van der Waals surface area contributed by atoms with Crippen molar-refractivity contribution in [3.63, 3.8) is 0 Å². The zero-order chi connectivity index (χ0) is 17.3. The maximum Gasteiger partial charge on any atom is 0.323 e. The summed E-state index contributed by atoms with van der Waals surface area (Å²) in [6.45, 7) is 1.76. The molecular formula is C16H17ClN4O3. The molecule has 1 N–H and O–H groups in total. The summed E-state index contributed by atoms with van der Waals surface area (Å²) < 4.78 is 1.31. The van der Waals surface area contributed by atoms with Gasteiger partial charge in [0.1, 0.15) is 0 Å². The lowest BCUT2D eigenvalue weighted by Gasteiger charge is -2.36. The first-order valence-electron chi connectivity index (χ1n) is 7.57. The van der Waals surface area contributed by atoms with E-state index in [1.54, 1.807) is 11.0 Å². The Morgan fingerprint density at radius 3 is 2.75 bits per heavy atom. The molecule has 1 aliphatic heterocycles. The second-order valence-electron chi connectivity index (χ2n) is 5.63. The monoisotopic (exact) mass is 348 g/mol. The Hall–Kier alpha value is -2.38. The van der Waals surface area contributed by atoms with E-state index in [-0.39, 0.29) is 17.8 Å². The summed E-state index contributed by atoms with van der Waals surface area (Å²) in [7, 11) is 1.53. The number of nitrogens with one attached hydrogen (secondary N) is 1. The van der Waals surface area contributed by atoms with Gasteiger partial charge in [0.2, 0.25) is 0 Å². The first-order chi connectivity index (χ1) is 11.5. The largest absolute Gasteiger partial charge is 0.358 e. The lowest BCUT2D eigenvalue weighted by Crippen LogP contribution is -2.49. The summed E-state index contributed by atoms with van der Waals surface area (Å²) in [5, 5.41) is 14.9. The van der Waals surface area contributed by atoms with Crippen LogP contribution in [-0.2, 0) is 7.05 Å². The van der Waals surface area contributed by atoms with Crippen molar-refractivity contribution in [2.24, 2.45) is 7.05 Å². The van der Waals surface area contributed by atoms with Gasteiger partial charge in [-0.2, -0.15) is 0 Å².